The molecule has 0 aliphatic heterocycles. The Hall–Kier alpha value is -0.940. The zero-order chi connectivity index (χ0) is 13.4. The van der Waals surface area contributed by atoms with Gasteiger partial charge in [0, 0.05) is 38.3 Å². The van der Waals surface area contributed by atoms with Gasteiger partial charge in [0.2, 0.25) is 0 Å². The van der Waals surface area contributed by atoms with Crippen molar-refractivity contribution >= 4 is 0 Å². The average Bonchev–Trinajstić information content (AvgIpc) is 2.30. The number of nitrogens with two attached hydrogens (primary N) is 2. The SMILES string of the molecule is CC(N)CNCc1ccc(CNCC(C)N)cc1. The van der Waals surface area contributed by atoms with E-state index >= 15 is 0 Å². The summed E-state index contributed by atoms with van der Waals surface area (Å²) in [4.78, 5) is 0. The second kappa shape index (κ2) is 8.21. The van der Waals surface area contributed by atoms with Gasteiger partial charge in [0.25, 0.3) is 0 Å². The first kappa shape index (κ1) is 15.1. The van der Waals surface area contributed by atoms with Crippen molar-refractivity contribution in [3.05, 3.63) is 35.4 Å². The molecular formula is C14H26N4. The molecule has 102 valence electrons. The second-order valence-corrected chi connectivity index (χ2v) is 5.03. The summed E-state index contributed by atoms with van der Waals surface area (Å²) in [6.45, 7) is 7.43. The highest BCUT2D eigenvalue weighted by atomic mass is 14.9. The summed E-state index contributed by atoms with van der Waals surface area (Å²) in [5.74, 6) is 0. The van der Waals surface area contributed by atoms with Gasteiger partial charge in [-0.1, -0.05) is 24.3 Å². The maximum absolute atomic E-state index is 5.68. The van der Waals surface area contributed by atoms with Crippen molar-refractivity contribution < 1.29 is 0 Å². The number of nitrogens with one attached hydrogen (secondary N) is 2. The molecule has 18 heavy (non-hydrogen) atoms. The largest absolute Gasteiger partial charge is 0.327 e. The van der Waals surface area contributed by atoms with Gasteiger partial charge in [0.1, 0.15) is 0 Å². The summed E-state index contributed by atoms with van der Waals surface area (Å²) in [6.07, 6.45) is 0. The van der Waals surface area contributed by atoms with E-state index in [0.717, 1.165) is 26.2 Å². The Labute approximate surface area is 110 Å². The molecule has 0 aromatic heterocycles. The Morgan fingerprint density at radius 3 is 1.44 bits per heavy atom. The standard InChI is InChI=1S/C14H26N4/c1-11(15)7-17-9-13-3-5-14(6-4-13)10-18-8-12(2)16/h3-6,11-12,17-18H,7-10,15-16H2,1-2H3. The Balaban J connectivity index is 2.28. The van der Waals surface area contributed by atoms with Crippen molar-refractivity contribution in [2.45, 2.75) is 39.0 Å². The van der Waals surface area contributed by atoms with Gasteiger partial charge in [-0.05, 0) is 25.0 Å². The van der Waals surface area contributed by atoms with E-state index < -0.39 is 0 Å². The highest BCUT2D eigenvalue weighted by Gasteiger charge is 1.97. The molecule has 0 fully saturated rings. The van der Waals surface area contributed by atoms with Gasteiger partial charge >= 0.3 is 0 Å². The molecule has 0 aliphatic carbocycles. The molecule has 0 bridgehead atoms. The molecule has 0 saturated carbocycles. The molecule has 0 spiro atoms. The van der Waals surface area contributed by atoms with Gasteiger partial charge in [-0.25, -0.2) is 0 Å². The van der Waals surface area contributed by atoms with Gasteiger partial charge in [0.05, 0.1) is 0 Å². The summed E-state index contributed by atoms with van der Waals surface area (Å²) in [6, 6.07) is 9.00. The van der Waals surface area contributed by atoms with Gasteiger partial charge in [-0.2, -0.15) is 0 Å². The van der Waals surface area contributed by atoms with E-state index in [1.165, 1.54) is 11.1 Å². The number of rotatable bonds is 8. The van der Waals surface area contributed by atoms with Crippen LogP contribution in [0.1, 0.15) is 25.0 Å². The van der Waals surface area contributed by atoms with E-state index in [2.05, 4.69) is 34.9 Å². The Morgan fingerprint density at radius 2 is 1.17 bits per heavy atom. The number of benzene rings is 1. The van der Waals surface area contributed by atoms with Crippen LogP contribution in [0.5, 0.6) is 0 Å². The van der Waals surface area contributed by atoms with Crippen LogP contribution in [-0.4, -0.2) is 25.2 Å². The summed E-state index contributed by atoms with van der Waals surface area (Å²) >= 11 is 0. The molecule has 0 amide bonds. The number of hydrogen-bond donors (Lipinski definition) is 4. The van der Waals surface area contributed by atoms with Crippen LogP contribution in [0, 0.1) is 0 Å². The number of hydrogen-bond acceptors (Lipinski definition) is 4. The fourth-order valence-electron chi connectivity index (χ4n) is 1.66. The fraction of sp³-hybridized carbons (Fsp3) is 0.571. The molecule has 1 aromatic carbocycles. The lowest BCUT2D eigenvalue weighted by Gasteiger charge is -2.09. The van der Waals surface area contributed by atoms with Crippen molar-refractivity contribution in [3.8, 4) is 0 Å². The van der Waals surface area contributed by atoms with Crippen molar-refractivity contribution in [1.29, 1.82) is 0 Å². The van der Waals surface area contributed by atoms with Crippen molar-refractivity contribution in [2.24, 2.45) is 11.5 Å². The van der Waals surface area contributed by atoms with E-state index in [1.54, 1.807) is 0 Å². The summed E-state index contributed by atoms with van der Waals surface area (Å²) < 4.78 is 0. The molecule has 0 aliphatic rings. The van der Waals surface area contributed by atoms with Gasteiger partial charge in [-0.15, -0.1) is 0 Å². The molecule has 4 nitrogen and oxygen atoms in total. The van der Waals surface area contributed by atoms with E-state index in [0.29, 0.717) is 0 Å². The summed E-state index contributed by atoms with van der Waals surface area (Å²) in [5, 5.41) is 6.64. The Bertz CT molecular complexity index is 286. The van der Waals surface area contributed by atoms with Crippen LogP contribution < -0.4 is 22.1 Å². The van der Waals surface area contributed by atoms with Crippen molar-refractivity contribution in [2.75, 3.05) is 13.1 Å². The fourth-order valence-corrected chi connectivity index (χ4v) is 1.66. The molecule has 0 radical (unpaired) electrons. The maximum atomic E-state index is 5.68. The van der Waals surface area contributed by atoms with Crippen molar-refractivity contribution in [1.82, 2.24) is 10.6 Å². The highest BCUT2D eigenvalue weighted by Crippen LogP contribution is 2.04. The van der Waals surface area contributed by atoms with Crippen LogP contribution >= 0.6 is 0 Å². The molecule has 6 N–H and O–H groups in total. The van der Waals surface area contributed by atoms with E-state index in [4.69, 9.17) is 11.5 Å². The van der Waals surface area contributed by atoms with E-state index in [9.17, 15) is 0 Å². The van der Waals surface area contributed by atoms with Crippen LogP contribution in [0.3, 0.4) is 0 Å². The first-order valence-corrected chi connectivity index (χ1v) is 6.58. The Morgan fingerprint density at radius 1 is 0.833 bits per heavy atom. The predicted molar refractivity (Wildman–Crippen MR) is 77.2 cm³/mol. The summed E-state index contributed by atoms with van der Waals surface area (Å²) in [5.41, 5.74) is 13.9. The minimum atomic E-state index is 0.201. The molecule has 1 rings (SSSR count). The maximum Gasteiger partial charge on any atom is 0.0206 e. The van der Waals surface area contributed by atoms with E-state index in [1.807, 2.05) is 13.8 Å². The monoisotopic (exact) mass is 250 g/mol. The molecule has 1 aromatic rings. The van der Waals surface area contributed by atoms with Gasteiger partial charge < -0.3 is 22.1 Å². The molecule has 2 atom stereocenters. The molecule has 2 unspecified atom stereocenters. The van der Waals surface area contributed by atoms with Gasteiger partial charge in [0.15, 0.2) is 0 Å². The van der Waals surface area contributed by atoms with E-state index in [-0.39, 0.29) is 12.1 Å². The lowest BCUT2D eigenvalue weighted by Crippen LogP contribution is -2.31. The third kappa shape index (κ3) is 6.71. The Kier molecular flexibility index (Phi) is 6.90. The minimum Gasteiger partial charge on any atom is -0.327 e. The smallest absolute Gasteiger partial charge is 0.0206 e. The quantitative estimate of drug-likeness (QED) is 0.544. The van der Waals surface area contributed by atoms with Crippen molar-refractivity contribution in [3.63, 3.8) is 0 Å². The predicted octanol–water partition coefficient (Wildman–Crippen LogP) is 0.560. The third-order valence-corrected chi connectivity index (χ3v) is 2.61. The molecule has 0 saturated heterocycles. The molecular weight excluding hydrogens is 224 g/mol. The van der Waals surface area contributed by atoms with Crippen LogP contribution in [0.2, 0.25) is 0 Å². The molecule has 0 heterocycles. The van der Waals surface area contributed by atoms with Gasteiger partial charge in [-0.3, -0.25) is 0 Å². The second-order valence-electron chi connectivity index (χ2n) is 5.03. The lowest BCUT2D eigenvalue weighted by atomic mass is 10.1. The zero-order valence-electron chi connectivity index (χ0n) is 11.4. The zero-order valence-corrected chi connectivity index (χ0v) is 11.4. The lowest BCUT2D eigenvalue weighted by molar-refractivity contribution is 0.605. The van der Waals surface area contributed by atoms with Crippen LogP contribution in [-0.2, 0) is 13.1 Å². The van der Waals surface area contributed by atoms with Crippen LogP contribution in [0.15, 0.2) is 24.3 Å². The summed E-state index contributed by atoms with van der Waals surface area (Å²) in [7, 11) is 0. The first-order chi connectivity index (χ1) is 8.58. The van der Waals surface area contributed by atoms with Crippen LogP contribution in [0.25, 0.3) is 0 Å². The third-order valence-electron chi connectivity index (χ3n) is 2.61. The normalized spacial score (nSPS) is 14.4. The topological polar surface area (TPSA) is 76.1 Å². The molecule has 4 heteroatoms. The average molecular weight is 250 g/mol. The highest BCUT2D eigenvalue weighted by molar-refractivity contribution is 5.22. The van der Waals surface area contributed by atoms with Crippen LogP contribution in [0.4, 0.5) is 0 Å². The first-order valence-electron chi connectivity index (χ1n) is 6.58. The minimum absolute atomic E-state index is 0.201.